The SMILES string of the molecule is Cc1cc(NCc2ccccc2S(=O)(=O)N(C)CCO)ccn1. The minimum absolute atomic E-state index is 0.0631. The maximum atomic E-state index is 12.6. The van der Waals surface area contributed by atoms with E-state index in [1.807, 2.05) is 19.1 Å². The molecule has 0 aliphatic rings. The van der Waals surface area contributed by atoms with E-state index in [1.165, 1.54) is 7.05 Å². The highest BCUT2D eigenvalue weighted by molar-refractivity contribution is 7.89. The third-order valence-electron chi connectivity index (χ3n) is 3.46. The average molecular weight is 335 g/mol. The smallest absolute Gasteiger partial charge is 0.243 e. The first-order valence-corrected chi connectivity index (χ1v) is 8.71. The van der Waals surface area contributed by atoms with Gasteiger partial charge in [-0.25, -0.2) is 8.42 Å². The number of rotatable bonds is 7. The molecule has 0 bridgehead atoms. The second-order valence-corrected chi connectivity index (χ2v) is 7.21. The van der Waals surface area contributed by atoms with Gasteiger partial charge in [0.15, 0.2) is 0 Å². The Morgan fingerprint density at radius 1 is 1.26 bits per heavy atom. The first-order chi connectivity index (χ1) is 10.9. The van der Waals surface area contributed by atoms with Crippen LogP contribution in [0, 0.1) is 6.92 Å². The first kappa shape index (κ1) is 17.4. The normalized spacial score (nSPS) is 11.7. The molecule has 2 aromatic rings. The maximum absolute atomic E-state index is 12.6. The molecule has 0 radical (unpaired) electrons. The van der Waals surface area contributed by atoms with Crippen LogP contribution in [0.25, 0.3) is 0 Å². The fraction of sp³-hybridized carbons (Fsp3) is 0.312. The summed E-state index contributed by atoms with van der Waals surface area (Å²) in [7, 11) is -2.16. The largest absolute Gasteiger partial charge is 0.395 e. The summed E-state index contributed by atoms with van der Waals surface area (Å²) < 4.78 is 26.3. The Hall–Kier alpha value is -1.96. The van der Waals surface area contributed by atoms with Crippen LogP contribution in [-0.4, -0.2) is 43.0 Å². The number of hydrogen-bond donors (Lipinski definition) is 2. The third kappa shape index (κ3) is 4.28. The van der Waals surface area contributed by atoms with Crippen molar-refractivity contribution >= 4 is 15.7 Å². The van der Waals surface area contributed by atoms with Gasteiger partial charge in [0.05, 0.1) is 11.5 Å². The lowest BCUT2D eigenvalue weighted by Gasteiger charge is -2.18. The second kappa shape index (κ2) is 7.54. The van der Waals surface area contributed by atoms with E-state index in [4.69, 9.17) is 5.11 Å². The average Bonchev–Trinajstić information content (AvgIpc) is 2.53. The lowest BCUT2D eigenvalue weighted by atomic mass is 10.2. The topological polar surface area (TPSA) is 82.5 Å². The summed E-state index contributed by atoms with van der Waals surface area (Å²) in [4.78, 5) is 4.37. The Bertz CT molecular complexity index is 763. The molecule has 0 fully saturated rings. The lowest BCUT2D eigenvalue weighted by molar-refractivity contribution is 0.266. The van der Waals surface area contributed by atoms with Crippen LogP contribution in [0.1, 0.15) is 11.3 Å². The molecule has 0 unspecified atom stereocenters. The van der Waals surface area contributed by atoms with Crippen LogP contribution in [0.15, 0.2) is 47.5 Å². The van der Waals surface area contributed by atoms with Crippen molar-refractivity contribution in [1.29, 1.82) is 0 Å². The Balaban J connectivity index is 2.24. The molecular formula is C16H21N3O3S. The minimum atomic E-state index is -3.62. The minimum Gasteiger partial charge on any atom is -0.395 e. The number of aliphatic hydroxyl groups is 1. The molecule has 0 aliphatic carbocycles. The van der Waals surface area contributed by atoms with Crippen LogP contribution in [0.2, 0.25) is 0 Å². The highest BCUT2D eigenvalue weighted by Gasteiger charge is 2.22. The van der Waals surface area contributed by atoms with E-state index in [1.54, 1.807) is 30.5 Å². The molecule has 0 amide bonds. The van der Waals surface area contributed by atoms with E-state index >= 15 is 0 Å². The van der Waals surface area contributed by atoms with Gasteiger partial charge >= 0.3 is 0 Å². The number of anilines is 1. The molecule has 0 saturated heterocycles. The highest BCUT2D eigenvalue weighted by atomic mass is 32.2. The van der Waals surface area contributed by atoms with Crippen molar-refractivity contribution in [2.45, 2.75) is 18.4 Å². The van der Waals surface area contributed by atoms with Gasteiger partial charge in [-0.1, -0.05) is 18.2 Å². The molecule has 0 aliphatic heterocycles. The van der Waals surface area contributed by atoms with Gasteiger partial charge in [-0.05, 0) is 30.7 Å². The number of pyridine rings is 1. The fourth-order valence-corrected chi connectivity index (χ4v) is 3.56. The highest BCUT2D eigenvalue weighted by Crippen LogP contribution is 2.20. The van der Waals surface area contributed by atoms with Crippen molar-refractivity contribution in [2.24, 2.45) is 0 Å². The second-order valence-electron chi connectivity index (χ2n) is 5.20. The predicted molar refractivity (Wildman–Crippen MR) is 89.6 cm³/mol. The molecule has 0 spiro atoms. The molecule has 23 heavy (non-hydrogen) atoms. The summed E-state index contributed by atoms with van der Waals surface area (Å²) >= 11 is 0. The van der Waals surface area contributed by atoms with Gasteiger partial charge in [0, 0.05) is 37.7 Å². The molecule has 7 heteroatoms. The van der Waals surface area contributed by atoms with E-state index < -0.39 is 10.0 Å². The number of nitrogens with one attached hydrogen (secondary N) is 1. The number of hydrogen-bond acceptors (Lipinski definition) is 5. The van der Waals surface area contributed by atoms with Gasteiger partial charge in [-0.3, -0.25) is 4.98 Å². The molecule has 1 aromatic carbocycles. The number of aliphatic hydroxyl groups excluding tert-OH is 1. The number of sulfonamides is 1. The van der Waals surface area contributed by atoms with Crippen LogP contribution in [0.4, 0.5) is 5.69 Å². The van der Waals surface area contributed by atoms with E-state index in [2.05, 4.69) is 10.3 Å². The van der Waals surface area contributed by atoms with Crippen LogP contribution in [0.5, 0.6) is 0 Å². The molecule has 0 atom stereocenters. The van der Waals surface area contributed by atoms with Gasteiger partial charge in [-0.15, -0.1) is 0 Å². The number of nitrogens with zero attached hydrogens (tertiary/aromatic N) is 2. The zero-order valence-electron chi connectivity index (χ0n) is 13.2. The number of aryl methyl sites for hydroxylation is 1. The van der Waals surface area contributed by atoms with E-state index in [0.717, 1.165) is 15.7 Å². The van der Waals surface area contributed by atoms with Crippen LogP contribution >= 0.6 is 0 Å². The van der Waals surface area contributed by atoms with Crippen molar-refractivity contribution in [3.8, 4) is 0 Å². The van der Waals surface area contributed by atoms with Crippen molar-refractivity contribution in [1.82, 2.24) is 9.29 Å². The van der Waals surface area contributed by atoms with Crippen LogP contribution in [0.3, 0.4) is 0 Å². The first-order valence-electron chi connectivity index (χ1n) is 7.27. The monoisotopic (exact) mass is 335 g/mol. The van der Waals surface area contributed by atoms with Crippen molar-refractivity contribution in [2.75, 3.05) is 25.5 Å². The number of likely N-dealkylation sites (N-methyl/N-ethyl adjacent to an activating group) is 1. The van der Waals surface area contributed by atoms with Gasteiger partial charge in [0.1, 0.15) is 0 Å². The zero-order valence-corrected chi connectivity index (χ0v) is 14.0. The molecule has 2 N–H and O–H groups in total. The Morgan fingerprint density at radius 2 is 2.00 bits per heavy atom. The molecule has 1 aromatic heterocycles. The van der Waals surface area contributed by atoms with Gasteiger partial charge in [0.2, 0.25) is 10.0 Å². The summed E-state index contributed by atoms with van der Waals surface area (Å²) in [6, 6.07) is 10.6. The molecule has 124 valence electrons. The molecule has 6 nitrogen and oxygen atoms in total. The summed E-state index contributed by atoms with van der Waals surface area (Å²) in [5.74, 6) is 0. The van der Waals surface area contributed by atoms with Gasteiger partial charge in [0.25, 0.3) is 0 Å². The van der Waals surface area contributed by atoms with Gasteiger partial charge < -0.3 is 10.4 Å². The molecule has 2 rings (SSSR count). The lowest BCUT2D eigenvalue weighted by Crippen LogP contribution is -2.30. The Kier molecular flexibility index (Phi) is 5.70. The summed E-state index contributed by atoms with van der Waals surface area (Å²) in [5, 5.41) is 12.2. The standard InChI is InChI=1S/C16H21N3O3S/c1-13-11-15(7-8-17-13)18-12-14-5-3-4-6-16(14)23(21,22)19(2)9-10-20/h3-8,11,20H,9-10,12H2,1-2H3,(H,17,18). The quantitative estimate of drug-likeness (QED) is 0.803. The van der Waals surface area contributed by atoms with Gasteiger partial charge in [-0.2, -0.15) is 4.31 Å². The number of aromatic nitrogens is 1. The maximum Gasteiger partial charge on any atom is 0.243 e. The summed E-state index contributed by atoms with van der Waals surface area (Å²) in [5.41, 5.74) is 2.44. The van der Waals surface area contributed by atoms with Crippen molar-refractivity contribution in [3.63, 3.8) is 0 Å². The van der Waals surface area contributed by atoms with E-state index in [0.29, 0.717) is 12.1 Å². The van der Waals surface area contributed by atoms with E-state index in [-0.39, 0.29) is 18.0 Å². The fourth-order valence-electron chi connectivity index (χ4n) is 2.18. The van der Waals surface area contributed by atoms with Crippen molar-refractivity contribution < 1.29 is 13.5 Å². The van der Waals surface area contributed by atoms with E-state index in [9.17, 15) is 8.42 Å². The third-order valence-corrected chi connectivity index (χ3v) is 5.41. The summed E-state index contributed by atoms with van der Waals surface area (Å²) in [6.45, 7) is 2.12. The summed E-state index contributed by atoms with van der Waals surface area (Å²) in [6.07, 6.45) is 1.70. The van der Waals surface area contributed by atoms with Crippen LogP contribution in [-0.2, 0) is 16.6 Å². The van der Waals surface area contributed by atoms with Crippen LogP contribution < -0.4 is 5.32 Å². The Morgan fingerprint density at radius 3 is 2.70 bits per heavy atom. The Labute approximate surface area is 136 Å². The molecular weight excluding hydrogens is 314 g/mol. The van der Waals surface area contributed by atoms with Crippen molar-refractivity contribution in [3.05, 3.63) is 53.9 Å². The molecule has 0 saturated carbocycles. The molecule has 1 heterocycles. The number of benzene rings is 1. The predicted octanol–water partition coefficient (Wildman–Crippen LogP) is 1.61. The zero-order chi connectivity index (χ0) is 16.9.